The van der Waals surface area contributed by atoms with Gasteiger partial charge in [-0.1, -0.05) is 48.5 Å². The maximum Gasteiger partial charge on any atom is 0.215 e. The van der Waals surface area contributed by atoms with Gasteiger partial charge in [0.2, 0.25) is 10.0 Å². The van der Waals surface area contributed by atoms with E-state index in [9.17, 15) is 8.42 Å². The van der Waals surface area contributed by atoms with Crippen molar-refractivity contribution in [3.8, 4) is 0 Å². The number of para-hydroxylation sites is 1. The summed E-state index contributed by atoms with van der Waals surface area (Å²) in [5.74, 6) is -0.0169. The van der Waals surface area contributed by atoms with E-state index in [4.69, 9.17) is 5.73 Å². The number of hydrogen-bond donors (Lipinski definition) is 1. The van der Waals surface area contributed by atoms with Crippen LogP contribution in [-0.2, 0) is 23.0 Å². The summed E-state index contributed by atoms with van der Waals surface area (Å²) in [7, 11) is -1.32. The molecule has 2 aromatic carbocycles. The molecule has 134 valence electrons. The lowest BCUT2D eigenvalue weighted by Crippen LogP contribution is -2.44. The Hall–Kier alpha value is -1.89. The van der Waals surface area contributed by atoms with E-state index in [0.29, 0.717) is 13.1 Å². The van der Waals surface area contributed by atoms with E-state index in [0.717, 1.165) is 17.7 Å². The Bertz CT molecular complexity index is 808. The smallest absolute Gasteiger partial charge is 0.215 e. The van der Waals surface area contributed by atoms with Gasteiger partial charge in [-0.25, -0.2) is 8.42 Å². The number of sulfonamides is 1. The summed E-state index contributed by atoms with van der Waals surface area (Å²) >= 11 is 0. The number of nitrogens with two attached hydrogens (primary N) is 1. The highest BCUT2D eigenvalue weighted by molar-refractivity contribution is 7.89. The van der Waals surface area contributed by atoms with Crippen molar-refractivity contribution >= 4 is 15.7 Å². The topological polar surface area (TPSA) is 66.6 Å². The molecule has 0 aliphatic carbocycles. The second-order valence-corrected chi connectivity index (χ2v) is 8.57. The minimum atomic E-state index is -3.37. The average Bonchev–Trinajstić information content (AvgIpc) is 2.74. The standard InChI is InChI=1S/C19H25N3O2S/c1-21-18(13-16-7-3-2-4-8-16)15-22(25(23,24)12-11-20)14-17-9-5-6-10-19(17)21/h2-10,18H,11-15,20H2,1H3. The van der Waals surface area contributed by atoms with E-state index >= 15 is 0 Å². The highest BCUT2D eigenvalue weighted by atomic mass is 32.2. The normalized spacial score (nSPS) is 18.6. The van der Waals surface area contributed by atoms with Gasteiger partial charge in [-0.05, 0) is 23.6 Å². The van der Waals surface area contributed by atoms with E-state index in [1.54, 1.807) is 4.31 Å². The predicted octanol–water partition coefficient (Wildman–Crippen LogP) is 1.84. The van der Waals surface area contributed by atoms with E-state index in [1.807, 2.05) is 43.4 Å². The first kappa shape index (κ1) is 17.9. The summed E-state index contributed by atoms with van der Waals surface area (Å²) in [4.78, 5) is 2.21. The summed E-state index contributed by atoms with van der Waals surface area (Å²) < 4.78 is 27.0. The summed E-state index contributed by atoms with van der Waals surface area (Å²) in [6.07, 6.45) is 0.792. The van der Waals surface area contributed by atoms with Gasteiger partial charge in [-0.15, -0.1) is 0 Å². The Kier molecular flexibility index (Phi) is 5.42. The monoisotopic (exact) mass is 359 g/mol. The zero-order chi connectivity index (χ0) is 17.9. The molecule has 5 nitrogen and oxygen atoms in total. The lowest BCUT2D eigenvalue weighted by molar-refractivity contribution is 0.383. The SMILES string of the molecule is CN1c2ccccc2CN(S(=O)(=O)CCN)CC1Cc1ccccc1. The molecule has 0 fully saturated rings. The van der Waals surface area contributed by atoms with Gasteiger partial charge < -0.3 is 10.6 Å². The van der Waals surface area contributed by atoms with Crippen LogP contribution in [0.2, 0.25) is 0 Å². The summed E-state index contributed by atoms with van der Waals surface area (Å²) in [6, 6.07) is 18.3. The van der Waals surface area contributed by atoms with Crippen LogP contribution in [0.25, 0.3) is 0 Å². The van der Waals surface area contributed by atoms with Crippen LogP contribution in [-0.4, -0.2) is 44.7 Å². The Morgan fingerprint density at radius 1 is 1.08 bits per heavy atom. The van der Waals surface area contributed by atoms with Crippen LogP contribution in [0.4, 0.5) is 5.69 Å². The molecule has 2 aromatic rings. The maximum atomic E-state index is 12.7. The third kappa shape index (κ3) is 4.03. The molecule has 0 radical (unpaired) electrons. The largest absolute Gasteiger partial charge is 0.370 e. The van der Waals surface area contributed by atoms with Crippen molar-refractivity contribution in [2.75, 3.05) is 30.8 Å². The number of hydrogen-bond acceptors (Lipinski definition) is 4. The van der Waals surface area contributed by atoms with Crippen LogP contribution in [0.15, 0.2) is 54.6 Å². The molecule has 0 spiro atoms. The number of benzene rings is 2. The molecule has 3 rings (SSSR count). The van der Waals surface area contributed by atoms with Crippen LogP contribution in [0.1, 0.15) is 11.1 Å². The van der Waals surface area contributed by atoms with E-state index in [1.165, 1.54) is 5.56 Å². The lowest BCUT2D eigenvalue weighted by Gasteiger charge is -2.31. The molecule has 1 atom stereocenters. The fourth-order valence-electron chi connectivity index (χ4n) is 3.37. The van der Waals surface area contributed by atoms with Crippen LogP contribution in [0.3, 0.4) is 0 Å². The third-order valence-corrected chi connectivity index (χ3v) is 6.58. The van der Waals surface area contributed by atoms with Crippen LogP contribution in [0, 0.1) is 0 Å². The van der Waals surface area contributed by atoms with Crippen LogP contribution < -0.4 is 10.6 Å². The van der Waals surface area contributed by atoms with Crippen molar-refractivity contribution in [1.82, 2.24) is 4.31 Å². The third-order valence-electron chi connectivity index (χ3n) is 4.76. The van der Waals surface area contributed by atoms with Gasteiger partial charge in [-0.3, -0.25) is 0 Å². The quantitative estimate of drug-likeness (QED) is 0.885. The van der Waals surface area contributed by atoms with Crippen LogP contribution in [0.5, 0.6) is 0 Å². The van der Waals surface area contributed by atoms with Gasteiger partial charge in [0.25, 0.3) is 0 Å². The number of nitrogens with zero attached hydrogens (tertiary/aromatic N) is 2. The van der Waals surface area contributed by atoms with Crippen molar-refractivity contribution in [3.63, 3.8) is 0 Å². The molecule has 0 bridgehead atoms. The number of likely N-dealkylation sites (N-methyl/N-ethyl adjacent to an activating group) is 1. The Labute approximate surface area is 150 Å². The Morgan fingerprint density at radius 3 is 2.48 bits per heavy atom. The highest BCUT2D eigenvalue weighted by Crippen LogP contribution is 2.29. The fourth-order valence-corrected chi connectivity index (χ4v) is 4.67. The first-order chi connectivity index (χ1) is 12.0. The molecule has 1 heterocycles. The van der Waals surface area contributed by atoms with E-state index in [-0.39, 0.29) is 18.3 Å². The highest BCUT2D eigenvalue weighted by Gasteiger charge is 2.31. The summed E-state index contributed by atoms with van der Waals surface area (Å²) in [5, 5.41) is 0. The van der Waals surface area contributed by atoms with E-state index < -0.39 is 10.0 Å². The van der Waals surface area contributed by atoms with Gasteiger partial charge in [0.1, 0.15) is 0 Å². The van der Waals surface area contributed by atoms with Gasteiger partial charge in [0.15, 0.2) is 0 Å². The molecular formula is C19H25N3O2S. The van der Waals surface area contributed by atoms with Crippen molar-refractivity contribution < 1.29 is 8.42 Å². The van der Waals surface area contributed by atoms with Crippen LogP contribution >= 0.6 is 0 Å². The zero-order valence-electron chi connectivity index (χ0n) is 14.5. The molecule has 0 saturated heterocycles. The molecule has 6 heteroatoms. The molecule has 1 unspecified atom stereocenters. The van der Waals surface area contributed by atoms with Gasteiger partial charge in [0, 0.05) is 38.4 Å². The first-order valence-corrected chi connectivity index (χ1v) is 10.1. The molecule has 0 saturated carbocycles. The number of rotatable bonds is 5. The number of anilines is 1. The zero-order valence-corrected chi connectivity index (χ0v) is 15.3. The average molecular weight is 359 g/mol. The van der Waals surface area contributed by atoms with Crippen molar-refractivity contribution in [1.29, 1.82) is 0 Å². The second kappa shape index (κ2) is 7.56. The maximum absolute atomic E-state index is 12.7. The van der Waals surface area contributed by atoms with Gasteiger partial charge in [0.05, 0.1) is 5.75 Å². The number of fused-ring (bicyclic) bond motifs is 1. The van der Waals surface area contributed by atoms with Gasteiger partial charge in [-0.2, -0.15) is 4.31 Å². The molecular weight excluding hydrogens is 334 g/mol. The molecule has 25 heavy (non-hydrogen) atoms. The lowest BCUT2D eigenvalue weighted by atomic mass is 10.0. The molecule has 1 aliphatic rings. The second-order valence-electron chi connectivity index (χ2n) is 6.48. The minimum absolute atomic E-state index is 0.0169. The molecule has 0 aromatic heterocycles. The molecule has 1 aliphatic heterocycles. The summed E-state index contributed by atoms with van der Waals surface area (Å²) in [5.41, 5.74) is 8.85. The molecule has 2 N–H and O–H groups in total. The predicted molar refractivity (Wildman–Crippen MR) is 102 cm³/mol. The van der Waals surface area contributed by atoms with Gasteiger partial charge >= 0.3 is 0 Å². The van der Waals surface area contributed by atoms with Crippen molar-refractivity contribution in [3.05, 3.63) is 65.7 Å². The Morgan fingerprint density at radius 2 is 1.76 bits per heavy atom. The van der Waals surface area contributed by atoms with E-state index in [2.05, 4.69) is 23.1 Å². The van der Waals surface area contributed by atoms with Crippen molar-refractivity contribution in [2.24, 2.45) is 5.73 Å². The summed E-state index contributed by atoms with van der Waals surface area (Å²) in [6.45, 7) is 0.996. The fraction of sp³-hybridized carbons (Fsp3) is 0.368. The Balaban J connectivity index is 1.96. The first-order valence-electron chi connectivity index (χ1n) is 8.54. The molecule has 0 amide bonds. The minimum Gasteiger partial charge on any atom is -0.370 e. The van der Waals surface area contributed by atoms with Crippen molar-refractivity contribution in [2.45, 2.75) is 19.0 Å².